The zero-order valence-electron chi connectivity index (χ0n) is 24.2. The summed E-state index contributed by atoms with van der Waals surface area (Å²) in [4.78, 5) is 28.1. The summed E-state index contributed by atoms with van der Waals surface area (Å²) in [6.07, 6.45) is -4.89. The predicted molar refractivity (Wildman–Crippen MR) is 164 cm³/mol. The normalized spacial score (nSPS) is 12.9. The third kappa shape index (κ3) is 8.96. The molecule has 0 aliphatic carbocycles. The van der Waals surface area contributed by atoms with Gasteiger partial charge in [-0.25, -0.2) is 8.42 Å². The lowest BCUT2D eigenvalue weighted by molar-refractivity contribution is -0.140. The Morgan fingerprint density at radius 3 is 2.19 bits per heavy atom. The van der Waals surface area contributed by atoms with Crippen molar-refractivity contribution in [1.29, 1.82) is 0 Å². The number of nitrogens with zero attached hydrogens (tertiary/aromatic N) is 2. The molecule has 0 heterocycles. The van der Waals surface area contributed by atoms with Gasteiger partial charge in [-0.2, -0.15) is 13.2 Å². The number of benzene rings is 3. The van der Waals surface area contributed by atoms with E-state index in [-0.39, 0.29) is 11.4 Å². The van der Waals surface area contributed by atoms with Crippen molar-refractivity contribution in [2.45, 2.75) is 63.8 Å². The molecular formula is C30H32BrClF3N3O4S. The molecule has 2 amide bonds. The van der Waals surface area contributed by atoms with Crippen LogP contribution in [-0.2, 0) is 32.3 Å². The summed E-state index contributed by atoms with van der Waals surface area (Å²) in [6.45, 7) is 7.59. The maximum atomic E-state index is 14.0. The van der Waals surface area contributed by atoms with Gasteiger partial charge < -0.3 is 10.2 Å². The van der Waals surface area contributed by atoms with Crippen molar-refractivity contribution >= 4 is 55.1 Å². The number of alkyl halides is 3. The van der Waals surface area contributed by atoms with Crippen LogP contribution in [0.1, 0.15) is 44.4 Å². The second-order valence-corrected chi connectivity index (χ2v) is 14.2. The molecular weight excluding hydrogens is 671 g/mol. The number of rotatable bonds is 9. The molecule has 0 saturated carbocycles. The molecule has 3 aromatic carbocycles. The van der Waals surface area contributed by atoms with Crippen molar-refractivity contribution < 1.29 is 31.2 Å². The third-order valence-electron chi connectivity index (χ3n) is 6.34. The van der Waals surface area contributed by atoms with E-state index in [1.54, 1.807) is 52.0 Å². The lowest BCUT2D eigenvalue weighted by Gasteiger charge is -2.33. The quantitative estimate of drug-likeness (QED) is 0.262. The summed E-state index contributed by atoms with van der Waals surface area (Å²) < 4.78 is 70.4. The van der Waals surface area contributed by atoms with Crippen LogP contribution in [0.25, 0.3) is 0 Å². The molecule has 0 aliphatic rings. The molecule has 3 rings (SSSR count). The molecule has 13 heteroatoms. The SMILES string of the molecule is Cc1ccc(S(=O)(=O)N(CC(=O)N(Cc2cccc(Br)c2)[C@H](C)C(=O)NC(C)(C)C)c2ccc(Cl)c(C(F)(F)F)c2)cc1. The zero-order valence-corrected chi connectivity index (χ0v) is 27.3. The number of carbonyl (C=O) groups is 2. The standard InChI is InChI=1S/C30H32BrClF3N3O4S/c1-19-9-12-24(13-10-19)43(41,42)38(23-11-14-26(32)25(16-23)30(33,34)35)18-27(39)37(17-21-7-6-8-22(31)15-21)20(2)28(40)36-29(3,4)5/h6-16,20H,17-18H2,1-5H3,(H,36,40)/t20-/m1/s1. The van der Waals surface area contributed by atoms with Gasteiger partial charge >= 0.3 is 6.18 Å². The number of hydrogen-bond acceptors (Lipinski definition) is 4. The van der Waals surface area contributed by atoms with Crippen molar-refractivity contribution in [3.05, 3.63) is 92.9 Å². The monoisotopic (exact) mass is 701 g/mol. The van der Waals surface area contributed by atoms with Gasteiger partial charge in [0.15, 0.2) is 0 Å². The van der Waals surface area contributed by atoms with Crippen molar-refractivity contribution in [3.63, 3.8) is 0 Å². The number of amides is 2. The Labute approximate surface area is 263 Å². The van der Waals surface area contributed by atoms with Gasteiger partial charge in [0.2, 0.25) is 11.8 Å². The molecule has 43 heavy (non-hydrogen) atoms. The second-order valence-electron chi connectivity index (χ2n) is 11.1. The van der Waals surface area contributed by atoms with E-state index in [1.165, 1.54) is 36.1 Å². The molecule has 7 nitrogen and oxygen atoms in total. The lowest BCUT2D eigenvalue weighted by atomic mass is 10.1. The summed E-state index contributed by atoms with van der Waals surface area (Å²) in [5.74, 6) is -1.30. The van der Waals surface area contributed by atoms with Crippen molar-refractivity contribution in [2.75, 3.05) is 10.8 Å². The minimum absolute atomic E-state index is 0.0795. The summed E-state index contributed by atoms with van der Waals surface area (Å²) in [5, 5.41) is 2.19. The number of halogens is 5. The zero-order chi connectivity index (χ0) is 32.3. The van der Waals surface area contributed by atoms with Gasteiger partial charge in [-0.05, 0) is 82.6 Å². The Morgan fingerprint density at radius 1 is 1.00 bits per heavy atom. The molecule has 0 aliphatic heterocycles. The first-order valence-corrected chi connectivity index (χ1v) is 15.7. The van der Waals surface area contributed by atoms with Crippen LogP contribution in [0.5, 0.6) is 0 Å². The van der Waals surface area contributed by atoms with Crippen molar-refractivity contribution in [1.82, 2.24) is 10.2 Å². The van der Waals surface area contributed by atoms with Crippen LogP contribution in [0.15, 0.2) is 76.1 Å². The molecule has 232 valence electrons. The molecule has 0 fully saturated rings. The molecule has 1 N–H and O–H groups in total. The fourth-order valence-electron chi connectivity index (χ4n) is 4.14. The van der Waals surface area contributed by atoms with Crippen LogP contribution in [0.4, 0.5) is 18.9 Å². The summed E-state index contributed by atoms with van der Waals surface area (Å²) in [7, 11) is -4.56. The highest BCUT2D eigenvalue weighted by Gasteiger charge is 2.37. The summed E-state index contributed by atoms with van der Waals surface area (Å²) in [5.41, 5.74) is -0.913. The van der Waals surface area contributed by atoms with Gasteiger partial charge in [-0.1, -0.05) is 57.4 Å². The van der Waals surface area contributed by atoms with Gasteiger partial charge in [0.25, 0.3) is 10.0 Å². The van der Waals surface area contributed by atoms with Gasteiger partial charge in [-0.3, -0.25) is 13.9 Å². The van der Waals surface area contributed by atoms with Crippen LogP contribution in [-0.4, -0.2) is 43.3 Å². The smallest absolute Gasteiger partial charge is 0.350 e. The fourth-order valence-corrected chi connectivity index (χ4v) is 6.22. The Balaban J connectivity index is 2.13. The molecule has 0 spiro atoms. The van der Waals surface area contributed by atoms with E-state index in [2.05, 4.69) is 21.2 Å². The molecule has 0 aromatic heterocycles. The average Bonchev–Trinajstić information content (AvgIpc) is 2.89. The highest BCUT2D eigenvalue weighted by atomic mass is 79.9. The highest BCUT2D eigenvalue weighted by molar-refractivity contribution is 9.10. The third-order valence-corrected chi connectivity index (χ3v) is 8.95. The van der Waals surface area contributed by atoms with Crippen LogP contribution in [0.2, 0.25) is 5.02 Å². The number of sulfonamides is 1. The Kier molecular flexibility index (Phi) is 10.6. The highest BCUT2D eigenvalue weighted by Crippen LogP contribution is 2.38. The summed E-state index contributed by atoms with van der Waals surface area (Å²) in [6, 6.07) is 14.2. The number of nitrogens with one attached hydrogen (secondary N) is 1. The maximum absolute atomic E-state index is 14.0. The molecule has 0 saturated heterocycles. The lowest BCUT2D eigenvalue weighted by Crippen LogP contribution is -2.54. The van der Waals surface area contributed by atoms with Gasteiger partial charge in [0.1, 0.15) is 12.6 Å². The molecule has 3 aromatic rings. The van der Waals surface area contributed by atoms with E-state index in [9.17, 15) is 31.2 Å². The average molecular weight is 703 g/mol. The van der Waals surface area contributed by atoms with Crippen LogP contribution in [0.3, 0.4) is 0 Å². The van der Waals surface area contributed by atoms with E-state index in [1.807, 2.05) is 0 Å². The first kappa shape index (κ1) is 34.4. The van der Waals surface area contributed by atoms with E-state index in [0.29, 0.717) is 20.4 Å². The van der Waals surface area contributed by atoms with Gasteiger partial charge in [0, 0.05) is 16.6 Å². The van der Waals surface area contributed by atoms with E-state index in [4.69, 9.17) is 11.6 Å². The molecule has 0 radical (unpaired) electrons. The van der Waals surface area contributed by atoms with E-state index < -0.39 is 62.4 Å². The first-order valence-electron chi connectivity index (χ1n) is 13.1. The van der Waals surface area contributed by atoms with Crippen molar-refractivity contribution in [2.24, 2.45) is 0 Å². The Bertz CT molecular complexity index is 1590. The number of aryl methyl sites for hydroxylation is 1. The second kappa shape index (κ2) is 13.3. The largest absolute Gasteiger partial charge is 0.417 e. The Hall–Kier alpha value is -3.09. The minimum Gasteiger partial charge on any atom is -0.350 e. The fraction of sp³-hybridized carbons (Fsp3) is 0.333. The summed E-state index contributed by atoms with van der Waals surface area (Å²) >= 11 is 9.19. The topological polar surface area (TPSA) is 86.8 Å². The first-order chi connectivity index (χ1) is 19.8. The van der Waals surface area contributed by atoms with Crippen LogP contribution in [0, 0.1) is 6.92 Å². The van der Waals surface area contributed by atoms with Crippen molar-refractivity contribution in [3.8, 4) is 0 Å². The molecule has 0 bridgehead atoms. The number of hydrogen-bond donors (Lipinski definition) is 1. The van der Waals surface area contributed by atoms with E-state index in [0.717, 1.165) is 17.7 Å². The number of anilines is 1. The Morgan fingerprint density at radius 2 is 1.63 bits per heavy atom. The van der Waals surface area contributed by atoms with Gasteiger partial charge in [0.05, 0.1) is 21.2 Å². The van der Waals surface area contributed by atoms with Crippen LogP contribution < -0.4 is 9.62 Å². The van der Waals surface area contributed by atoms with Crippen LogP contribution >= 0.6 is 27.5 Å². The maximum Gasteiger partial charge on any atom is 0.417 e. The predicted octanol–water partition coefficient (Wildman–Crippen LogP) is 6.96. The molecule has 1 atom stereocenters. The minimum atomic E-state index is -4.89. The van der Waals surface area contributed by atoms with Gasteiger partial charge in [-0.15, -0.1) is 0 Å². The van der Waals surface area contributed by atoms with E-state index >= 15 is 0 Å². The molecule has 0 unspecified atom stereocenters. The number of carbonyl (C=O) groups excluding carboxylic acids is 2.